The minimum absolute atomic E-state index is 0.0206. The Morgan fingerprint density at radius 1 is 0.800 bits per heavy atom. The van der Waals surface area contributed by atoms with Crippen molar-refractivity contribution in [1.29, 1.82) is 0 Å². The average molecular weight is 625 g/mol. The van der Waals surface area contributed by atoms with E-state index in [1.807, 2.05) is 13.0 Å². The maximum atomic E-state index is 14.6. The molecule has 6 aliphatic rings. The number of carboxylic acids is 2. The summed E-state index contributed by atoms with van der Waals surface area (Å²) in [4.78, 5) is 52.4. The number of hydrogen-bond acceptors (Lipinski definition) is 5. The number of fused-ring (bicyclic) bond motifs is 7. The number of allylic oxidation sites excluding steroid dienone is 2. The largest absolute Gasteiger partial charge is 0.481 e. The Morgan fingerprint density at radius 2 is 1.44 bits per heavy atom. The molecule has 11 atom stereocenters. The van der Waals surface area contributed by atoms with E-state index in [9.17, 15) is 29.4 Å². The second-order valence-corrected chi connectivity index (χ2v) is 18.2. The van der Waals surface area contributed by atoms with E-state index in [1.165, 1.54) is 5.57 Å². The van der Waals surface area contributed by atoms with Crippen LogP contribution in [0, 0.1) is 62.1 Å². The van der Waals surface area contributed by atoms with Crippen LogP contribution in [0.4, 0.5) is 0 Å². The lowest BCUT2D eigenvalue weighted by Gasteiger charge is -2.70. The lowest BCUT2D eigenvalue weighted by molar-refractivity contribution is -0.213. The second kappa shape index (κ2) is 10.4. The predicted molar refractivity (Wildman–Crippen MR) is 170 cm³/mol. The molecule has 0 aromatic rings. The van der Waals surface area contributed by atoms with Crippen LogP contribution in [-0.4, -0.2) is 40.0 Å². The molecule has 0 aromatic heterocycles. The molecular weight excluding hydrogens is 568 g/mol. The van der Waals surface area contributed by atoms with Gasteiger partial charge >= 0.3 is 17.9 Å². The van der Waals surface area contributed by atoms with E-state index in [4.69, 9.17) is 4.74 Å². The number of rotatable bonds is 4. The Balaban J connectivity index is 1.30. The Labute approximate surface area is 269 Å². The highest BCUT2D eigenvalue weighted by atomic mass is 16.5. The molecule has 6 unspecified atom stereocenters. The van der Waals surface area contributed by atoms with Crippen LogP contribution in [0.5, 0.6) is 0 Å². The SMILES string of the molecule is CC1(C)C(OC(=O)C2CCCCC2C(=O)O)CC[C@@]2(C)C1CC[C@]1(C)C2C(=O)C=C2C3C[C@@](C)(C(=O)O)CC[C@]3(C)CC[C@]21C. The van der Waals surface area contributed by atoms with Crippen LogP contribution in [0.1, 0.15) is 132 Å². The topological polar surface area (TPSA) is 118 Å². The number of ether oxygens (including phenoxy) is 1. The molecule has 7 nitrogen and oxygen atoms in total. The predicted octanol–water partition coefficient (Wildman–Crippen LogP) is 7.85. The van der Waals surface area contributed by atoms with Crippen molar-refractivity contribution in [3.8, 4) is 0 Å². The molecule has 0 amide bonds. The van der Waals surface area contributed by atoms with Gasteiger partial charge in [-0.05, 0) is 117 Å². The Morgan fingerprint density at radius 3 is 2.09 bits per heavy atom. The smallest absolute Gasteiger partial charge is 0.310 e. The summed E-state index contributed by atoms with van der Waals surface area (Å²) >= 11 is 0. The second-order valence-electron chi connectivity index (χ2n) is 18.2. The van der Waals surface area contributed by atoms with E-state index in [-0.39, 0.29) is 62.7 Å². The molecular formula is C38H56O7. The summed E-state index contributed by atoms with van der Waals surface area (Å²) in [6, 6.07) is 0. The Bertz CT molecular complexity index is 1330. The quantitative estimate of drug-likeness (QED) is 0.306. The van der Waals surface area contributed by atoms with E-state index in [0.29, 0.717) is 32.1 Å². The fraction of sp³-hybridized carbons (Fsp3) is 0.842. The minimum atomic E-state index is -0.903. The van der Waals surface area contributed by atoms with Crippen LogP contribution < -0.4 is 0 Å². The summed E-state index contributed by atoms with van der Waals surface area (Å²) in [5.74, 6) is -2.91. The molecule has 2 N–H and O–H groups in total. The number of carbonyl (C=O) groups excluding carboxylic acids is 2. The molecule has 0 heterocycles. The van der Waals surface area contributed by atoms with Gasteiger partial charge in [0, 0.05) is 11.3 Å². The Kier molecular flexibility index (Phi) is 7.58. The average Bonchev–Trinajstić information content (AvgIpc) is 2.96. The molecule has 6 rings (SSSR count). The molecule has 5 saturated carbocycles. The molecule has 0 spiro atoms. The van der Waals surface area contributed by atoms with E-state index >= 15 is 0 Å². The van der Waals surface area contributed by atoms with E-state index in [1.54, 1.807) is 0 Å². The number of esters is 1. The van der Waals surface area contributed by atoms with Crippen molar-refractivity contribution in [2.75, 3.05) is 0 Å². The van der Waals surface area contributed by atoms with Gasteiger partial charge in [0.1, 0.15) is 6.10 Å². The maximum absolute atomic E-state index is 14.6. The highest BCUT2D eigenvalue weighted by molar-refractivity contribution is 5.95. The Hall–Kier alpha value is -2.18. The van der Waals surface area contributed by atoms with Crippen LogP contribution in [-0.2, 0) is 23.9 Å². The first-order chi connectivity index (χ1) is 20.8. The molecule has 0 saturated heterocycles. The van der Waals surface area contributed by atoms with E-state index < -0.39 is 29.2 Å². The van der Waals surface area contributed by atoms with Gasteiger partial charge in [-0.2, -0.15) is 0 Å². The van der Waals surface area contributed by atoms with E-state index in [0.717, 1.165) is 51.4 Å². The van der Waals surface area contributed by atoms with Gasteiger partial charge in [-0.1, -0.05) is 60.0 Å². The fourth-order valence-corrected chi connectivity index (χ4v) is 12.5. The molecule has 0 aromatic carbocycles. The number of carbonyl (C=O) groups is 4. The highest BCUT2D eigenvalue weighted by Crippen LogP contribution is 2.75. The van der Waals surface area contributed by atoms with Crippen molar-refractivity contribution in [2.24, 2.45) is 62.1 Å². The molecule has 7 heteroatoms. The summed E-state index contributed by atoms with van der Waals surface area (Å²) < 4.78 is 6.28. The zero-order valence-corrected chi connectivity index (χ0v) is 28.7. The first kappa shape index (κ1) is 32.7. The standard InChI is InChI=1S/C38H56O7/c1-33(2)27-12-15-38(7)29(36(27,5)14-13-28(33)45-31(42)23-11-9-8-10-22(23)30(40)41)26(39)20-24-25-21-35(4,32(43)44)17-16-34(25,3)18-19-37(24,38)6/h20,22-23,25,27-29H,8-19,21H2,1-7H3,(H,40,41)(H,43,44)/t22?,23?,25?,27?,28?,29?,34-,35+,36+,37-,38-/m1/s1. The zero-order chi connectivity index (χ0) is 33.0. The molecule has 0 bridgehead atoms. The third-order valence-corrected chi connectivity index (χ3v) is 15.7. The molecule has 6 aliphatic carbocycles. The van der Waals surface area contributed by atoms with Crippen molar-refractivity contribution in [3.63, 3.8) is 0 Å². The van der Waals surface area contributed by atoms with Gasteiger partial charge in [-0.3, -0.25) is 19.2 Å². The highest BCUT2D eigenvalue weighted by Gasteiger charge is 2.70. The first-order valence-electron chi connectivity index (χ1n) is 17.8. The van der Waals surface area contributed by atoms with Crippen LogP contribution in [0.15, 0.2) is 11.6 Å². The number of ketones is 1. The van der Waals surface area contributed by atoms with Crippen molar-refractivity contribution in [3.05, 3.63) is 11.6 Å². The lowest BCUT2D eigenvalue weighted by Crippen LogP contribution is -2.66. The summed E-state index contributed by atoms with van der Waals surface area (Å²) in [5.41, 5.74) is -0.576. The van der Waals surface area contributed by atoms with Crippen LogP contribution in [0.2, 0.25) is 0 Å². The summed E-state index contributed by atoms with van der Waals surface area (Å²) in [5, 5.41) is 20.0. The minimum Gasteiger partial charge on any atom is -0.481 e. The van der Waals surface area contributed by atoms with Gasteiger partial charge in [0.15, 0.2) is 5.78 Å². The van der Waals surface area contributed by atoms with Gasteiger partial charge in [0.2, 0.25) is 0 Å². The van der Waals surface area contributed by atoms with Gasteiger partial charge in [0.25, 0.3) is 0 Å². The molecule has 250 valence electrons. The molecule has 5 fully saturated rings. The molecule has 0 aliphatic heterocycles. The summed E-state index contributed by atoms with van der Waals surface area (Å²) in [6.07, 6.45) is 12.0. The van der Waals surface area contributed by atoms with Crippen LogP contribution >= 0.6 is 0 Å². The first-order valence-corrected chi connectivity index (χ1v) is 17.8. The molecule has 0 radical (unpaired) electrons. The van der Waals surface area contributed by atoms with Gasteiger partial charge in [-0.25, -0.2) is 0 Å². The van der Waals surface area contributed by atoms with Crippen LogP contribution in [0.25, 0.3) is 0 Å². The van der Waals surface area contributed by atoms with Crippen molar-refractivity contribution >= 4 is 23.7 Å². The maximum Gasteiger partial charge on any atom is 0.310 e. The third-order valence-electron chi connectivity index (χ3n) is 15.7. The van der Waals surface area contributed by atoms with Gasteiger partial charge in [0.05, 0.1) is 17.3 Å². The summed E-state index contributed by atoms with van der Waals surface area (Å²) in [6.45, 7) is 15.7. The third kappa shape index (κ3) is 4.54. The zero-order valence-electron chi connectivity index (χ0n) is 28.7. The van der Waals surface area contributed by atoms with Gasteiger partial charge in [-0.15, -0.1) is 0 Å². The summed E-state index contributed by atoms with van der Waals surface area (Å²) in [7, 11) is 0. The van der Waals surface area contributed by atoms with Crippen LogP contribution in [0.3, 0.4) is 0 Å². The number of carboxylic acid groups (broad SMARTS) is 2. The fourth-order valence-electron chi connectivity index (χ4n) is 12.5. The lowest BCUT2D eigenvalue weighted by atomic mass is 9.33. The van der Waals surface area contributed by atoms with E-state index in [2.05, 4.69) is 41.5 Å². The molecule has 45 heavy (non-hydrogen) atoms. The normalized spacial score (nSPS) is 48.9. The number of hydrogen-bond donors (Lipinski definition) is 2. The van der Waals surface area contributed by atoms with Gasteiger partial charge < -0.3 is 14.9 Å². The number of aliphatic carboxylic acids is 2. The monoisotopic (exact) mass is 624 g/mol. The van der Waals surface area contributed by atoms with Crippen molar-refractivity contribution < 1.29 is 34.1 Å². The van der Waals surface area contributed by atoms with Crippen molar-refractivity contribution in [2.45, 2.75) is 138 Å². The van der Waals surface area contributed by atoms with Crippen molar-refractivity contribution in [1.82, 2.24) is 0 Å².